The van der Waals surface area contributed by atoms with Crippen LogP contribution in [0.4, 0.5) is 4.39 Å². The molecule has 0 aromatic heterocycles. The summed E-state index contributed by atoms with van der Waals surface area (Å²) in [6, 6.07) is 6.36. The van der Waals surface area contributed by atoms with Crippen molar-refractivity contribution < 1.29 is 9.18 Å². The highest BCUT2D eigenvalue weighted by Crippen LogP contribution is 2.44. The Morgan fingerprint density at radius 2 is 2.00 bits per heavy atom. The molecule has 1 saturated carbocycles. The summed E-state index contributed by atoms with van der Waals surface area (Å²) in [5.74, 6) is 0.485. The first-order valence-corrected chi connectivity index (χ1v) is 5.48. The minimum absolute atomic E-state index is 0.176. The van der Waals surface area contributed by atoms with Crippen molar-refractivity contribution in [3.63, 3.8) is 0 Å². The van der Waals surface area contributed by atoms with Gasteiger partial charge in [0.25, 0.3) is 0 Å². The monoisotopic (exact) mass is 226 g/mol. The van der Waals surface area contributed by atoms with Crippen LogP contribution in [0.15, 0.2) is 24.3 Å². The Morgan fingerprint density at radius 3 is 2.47 bits per heavy atom. The first-order chi connectivity index (χ1) is 7.16. The molecule has 1 aliphatic carbocycles. The fourth-order valence-electron chi connectivity index (χ4n) is 1.94. The summed E-state index contributed by atoms with van der Waals surface area (Å²) in [7, 11) is 0. The van der Waals surface area contributed by atoms with Gasteiger partial charge < -0.3 is 0 Å². The fraction of sp³-hybridized carbons (Fsp3) is 0.417. The van der Waals surface area contributed by atoms with Gasteiger partial charge in [0.05, 0.1) is 0 Å². The molecule has 0 saturated heterocycles. The molecule has 2 rings (SSSR count). The standard InChI is InChI=1S/C12H12ClFO/c13-12(15)7-11(8-1-2-8)9-3-5-10(14)6-4-9/h3-6,8,11H,1-2,7H2. The predicted octanol–water partition coefficient (Wildman–Crippen LogP) is 3.47. The molecule has 1 aromatic carbocycles. The largest absolute Gasteiger partial charge is 0.281 e. The summed E-state index contributed by atoms with van der Waals surface area (Å²) in [5, 5.41) is -0.309. The predicted molar refractivity (Wildman–Crippen MR) is 57.3 cm³/mol. The van der Waals surface area contributed by atoms with Crippen LogP contribution < -0.4 is 0 Å². The molecule has 0 N–H and O–H groups in total. The van der Waals surface area contributed by atoms with Crippen molar-refractivity contribution in [1.82, 2.24) is 0 Å². The normalized spacial score (nSPS) is 17.5. The van der Waals surface area contributed by atoms with Crippen molar-refractivity contribution in [3.05, 3.63) is 35.6 Å². The number of rotatable bonds is 4. The van der Waals surface area contributed by atoms with Gasteiger partial charge in [0.2, 0.25) is 5.24 Å². The minimum atomic E-state index is -0.309. The van der Waals surface area contributed by atoms with E-state index in [0.717, 1.165) is 18.4 Å². The zero-order chi connectivity index (χ0) is 10.8. The molecule has 0 heterocycles. The molecule has 1 aromatic rings. The van der Waals surface area contributed by atoms with Crippen LogP contribution in [0.5, 0.6) is 0 Å². The Bertz CT molecular complexity index is 356. The number of carbonyl (C=O) groups excluding carboxylic acids is 1. The molecule has 0 bridgehead atoms. The summed E-state index contributed by atoms with van der Waals surface area (Å²) >= 11 is 5.41. The topological polar surface area (TPSA) is 17.1 Å². The molecule has 1 unspecified atom stereocenters. The van der Waals surface area contributed by atoms with Gasteiger partial charge in [0, 0.05) is 6.42 Å². The Labute approximate surface area is 93.2 Å². The highest BCUT2D eigenvalue weighted by molar-refractivity contribution is 6.63. The van der Waals surface area contributed by atoms with Crippen molar-refractivity contribution in [2.75, 3.05) is 0 Å². The second-order valence-corrected chi connectivity index (χ2v) is 4.48. The third-order valence-electron chi connectivity index (χ3n) is 2.87. The summed E-state index contributed by atoms with van der Waals surface area (Å²) in [6.45, 7) is 0. The number of benzene rings is 1. The molecule has 1 nitrogen and oxygen atoms in total. The van der Waals surface area contributed by atoms with Gasteiger partial charge >= 0.3 is 0 Å². The van der Waals surface area contributed by atoms with Gasteiger partial charge in [-0.1, -0.05) is 12.1 Å². The van der Waals surface area contributed by atoms with E-state index in [9.17, 15) is 9.18 Å². The number of hydrogen-bond donors (Lipinski definition) is 0. The Morgan fingerprint density at radius 1 is 1.40 bits per heavy atom. The Kier molecular flexibility index (Phi) is 3.06. The second-order valence-electron chi connectivity index (χ2n) is 4.05. The number of halogens is 2. The van der Waals surface area contributed by atoms with Crippen molar-refractivity contribution >= 4 is 16.8 Å². The van der Waals surface area contributed by atoms with E-state index in [1.807, 2.05) is 0 Å². The molecule has 1 aliphatic rings. The number of carbonyl (C=O) groups is 1. The SMILES string of the molecule is O=C(Cl)CC(c1ccc(F)cc1)C1CC1. The van der Waals surface area contributed by atoms with Crippen molar-refractivity contribution in [2.24, 2.45) is 5.92 Å². The van der Waals surface area contributed by atoms with Crippen LogP contribution in [-0.4, -0.2) is 5.24 Å². The molecule has 0 aliphatic heterocycles. The summed E-state index contributed by atoms with van der Waals surface area (Å²) in [5.41, 5.74) is 1.02. The van der Waals surface area contributed by atoms with Gasteiger partial charge in [-0.25, -0.2) is 4.39 Å². The molecule has 1 atom stereocenters. The molecule has 3 heteroatoms. The van der Waals surface area contributed by atoms with Gasteiger partial charge in [0.1, 0.15) is 5.82 Å². The first-order valence-electron chi connectivity index (χ1n) is 5.10. The highest BCUT2D eigenvalue weighted by atomic mass is 35.5. The van der Waals surface area contributed by atoms with E-state index in [2.05, 4.69) is 0 Å². The van der Waals surface area contributed by atoms with E-state index in [1.54, 1.807) is 12.1 Å². The van der Waals surface area contributed by atoms with Crippen LogP contribution in [0.1, 0.15) is 30.7 Å². The van der Waals surface area contributed by atoms with Gasteiger partial charge in [-0.2, -0.15) is 0 Å². The Hall–Kier alpha value is -0.890. The molecule has 80 valence electrons. The van der Waals surface area contributed by atoms with E-state index in [1.165, 1.54) is 12.1 Å². The molecular formula is C12H12ClFO. The van der Waals surface area contributed by atoms with Crippen LogP contribution in [0.3, 0.4) is 0 Å². The zero-order valence-electron chi connectivity index (χ0n) is 8.25. The molecule has 15 heavy (non-hydrogen) atoms. The lowest BCUT2D eigenvalue weighted by molar-refractivity contribution is -0.112. The maximum atomic E-state index is 12.7. The second kappa shape index (κ2) is 4.31. The highest BCUT2D eigenvalue weighted by Gasteiger charge is 2.33. The van der Waals surface area contributed by atoms with Gasteiger partial charge in [-0.15, -0.1) is 0 Å². The van der Waals surface area contributed by atoms with E-state index in [4.69, 9.17) is 11.6 Å². The van der Waals surface area contributed by atoms with Crippen molar-refractivity contribution in [1.29, 1.82) is 0 Å². The van der Waals surface area contributed by atoms with E-state index < -0.39 is 0 Å². The molecule has 0 radical (unpaired) electrons. The molecular weight excluding hydrogens is 215 g/mol. The lowest BCUT2D eigenvalue weighted by Crippen LogP contribution is -2.05. The summed E-state index contributed by atoms with van der Waals surface area (Å²) in [4.78, 5) is 10.9. The molecule has 0 spiro atoms. The quantitative estimate of drug-likeness (QED) is 0.719. The Balaban J connectivity index is 2.16. The molecule has 1 fully saturated rings. The van der Waals surface area contributed by atoms with Crippen molar-refractivity contribution in [3.8, 4) is 0 Å². The van der Waals surface area contributed by atoms with Gasteiger partial charge in [-0.05, 0) is 54.0 Å². The summed E-state index contributed by atoms with van der Waals surface area (Å²) < 4.78 is 12.7. The number of hydrogen-bond acceptors (Lipinski definition) is 1. The minimum Gasteiger partial charge on any atom is -0.281 e. The lowest BCUT2D eigenvalue weighted by Gasteiger charge is -2.14. The van der Waals surface area contributed by atoms with E-state index >= 15 is 0 Å². The maximum Gasteiger partial charge on any atom is 0.222 e. The summed E-state index contributed by atoms with van der Waals surface area (Å²) in [6.07, 6.45) is 2.65. The van der Waals surface area contributed by atoms with Crippen LogP contribution >= 0.6 is 11.6 Å². The van der Waals surface area contributed by atoms with Crippen LogP contribution in [-0.2, 0) is 4.79 Å². The maximum absolute atomic E-state index is 12.7. The average molecular weight is 227 g/mol. The first kappa shape index (κ1) is 10.6. The zero-order valence-corrected chi connectivity index (χ0v) is 9.01. The van der Waals surface area contributed by atoms with Crippen LogP contribution in [0.25, 0.3) is 0 Å². The van der Waals surface area contributed by atoms with E-state index in [0.29, 0.717) is 12.3 Å². The fourth-order valence-corrected chi connectivity index (χ4v) is 2.10. The molecule has 0 amide bonds. The van der Waals surface area contributed by atoms with Gasteiger partial charge in [-0.3, -0.25) is 4.79 Å². The lowest BCUT2D eigenvalue weighted by atomic mass is 9.91. The van der Waals surface area contributed by atoms with Crippen LogP contribution in [0, 0.1) is 11.7 Å². The van der Waals surface area contributed by atoms with Crippen molar-refractivity contribution in [2.45, 2.75) is 25.2 Å². The third kappa shape index (κ3) is 2.78. The van der Waals surface area contributed by atoms with Gasteiger partial charge in [0.15, 0.2) is 0 Å². The van der Waals surface area contributed by atoms with E-state index in [-0.39, 0.29) is 17.0 Å². The average Bonchev–Trinajstić information content (AvgIpc) is 2.99. The van der Waals surface area contributed by atoms with Crippen LogP contribution in [0.2, 0.25) is 0 Å². The third-order valence-corrected chi connectivity index (χ3v) is 3.02. The smallest absolute Gasteiger partial charge is 0.222 e.